The summed E-state index contributed by atoms with van der Waals surface area (Å²) in [6.07, 6.45) is 1.92. The van der Waals surface area contributed by atoms with Crippen LogP contribution in [-0.4, -0.2) is 26.8 Å². The Bertz CT molecular complexity index is 609. The van der Waals surface area contributed by atoms with Crippen LogP contribution in [0.5, 0.6) is 0 Å². The maximum atomic E-state index is 11.9. The molecule has 0 saturated heterocycles. The number of rotatable bonds is 7. The van der Waals surface area contributed by atoms with Crippen LogP contribution in [0.1, 0.15) is 44.5 Å². The van der Waals surface area contributed by atoms with E-state index in [1.54, 1.807) is 0 Å². The minimum absolute atomic E-state index is 0.0517. The molecule has 22 heavy (non-hydrogen) atoms. The Morgan fingerprint density at radius 1 is 1.32 bits per heavy atom. The number of nitrogens with one attached hydrogen (secondary N) is 2. The second kappa shape index (κ2) is 7.98. The molecule has 0 bridgehead atoms. The molecule has 0 aliphatic heterocycles. The lowest BCUT2D eigenvalue weighted by molar-refractivity contribution is -0.113. The summed E-state index contributed by atoms with van der Waals surface area (Å²) < 4.78 is 0. The zero-order chi connectivity index (χ0) is 15.9. The molecule has 0 radical (unpaired) electrons. The molecule has 118 valence electrons. The monoisotopic (exact) mass is 318 g/mol. The maximum absolute atomic E-state index is 11.9. The molecule has 1 heterocycles. The van der Waals surface area contributed by atoms with Gasteiger partial charge in [0.25, 0.3) is 0 Å². The average Bonchev–Trinajstić information content (AvgIpc) is 3.01. The standard InChI is InChI=1S/C16H22N4OS/c1-4-11(3)12-6-8-13(9-7-12)17-15(21)10-22-16-18-14(5-2)19-20-16/h6-9,11H,4-5,10H2,1-3H3,(H,17,21)(H,18,19,20). The lowest BCUT2D eigenvalue weighted by Gasteiger charge is -2.10. The van der Waals surface area contributed by atoms with Crippen molar-refractivity contribution in [2.45, 2.75) is 44.7 Å². The molecular formula is C16H22N4OS. The predicted octanol–water partition coefficient (Wildman–Crippen LogP) is 3.61. The Kier molecular flexibility index (Phi) is 6.00. The highest BCUT2D eigenvalue weighted by Crippen LogP contribution is 2.20. The summed E-state index contributed by atoms with van der Waals surface area (Å²) in [5.74, 6) is 1.63. The highest BCUT2D eigenvalue weighted by Gasteiger charge is 2.08. The third-order valence-corrected chi connectivity index (χ3v) is 4.40. The molecule has 0 spiro atoms. The van der Waals surface area contributed by atoms with Crippen LogP contribution in [0.2, 0.25) is 0 Å². The molecule has 0 aliphatic carbocycles. The molecule has 1 unspecified atom stereocenters. The lowest BCUT2D eigenvalue weighted by atomic mass is 9.99. The van der Waals surface area contributed by atoms with E-state index in [1.807, 2.05) is 19.1 Å². The van der Waals surface area contributed by atoms with Gasteiger partial charge in [0.1, 0.15) is 5.82 Å². The fourth-order valence-electron chi connectivity index (χ4n) is 1.96. The van der Waals surface area contributed by atoms with E-state index < -0.39 is 0 Å². The van der Waals surface area contributed by atoms with Gasteiger partial charge in [-0.3, -0.25) is 9.89 Å². The minimum atomic E-state index is -0.0517. The van der Waals surface area contributed by atoms with E-state index in [9.17, 15) is 4.79 Å². The molecule has 0 fully saturated rings. The lowest BCUT2D eigenvalue weighted by Crippen LogP contribution is -2.14. The van der Waals surface area contributed by atoms with Crippen LogP contribution in [0.3, 0.4) is 0 Å². The minimum Gasteiger partial charge on any atom is -0.325 e. The number of benzene rings is 1. The number of aromatic amines is 1. The van der Waals surface area contributed by atoms with E-state index in [0.29, 0.717) is 16.8 Å². The van der Waals surface area contributed by atoms with Crippen LogP contribution in [0.25, 0.3) is 0 Å². The Labute approximate surface area is 135 Å². The van der Waals surface area contributed by atoms with E-state index >= 15 is 0 Å². The number of thioether (sulfide) groups is 1. The summed E-state index contributed by atoms with van der Waals surface area (Å²) in [6.45, 7) is 6.38. The molecule has 1 amide bonds. The topological polar surface area (TPSA) is 70.7 Å². The summed E-state index contributed by atoms with van der Waals surface area (Å²) in [7, 11) is 0. The molecule has 2 N–H and O–H groups in total. The highest BCUT2D eigenvalue weighted by atomic mass is 32.2. The van der Waals surface area contributed by atoms with Crippen LogP contribution < -0.4 is 5.32 Å². The predicted molar refractivity (Wildman–Crippen MR) is 90.3 cm³/mol. The normalized spacial score (nSPS) is 12.1. The third-order valence-electron chi connectivity index (χ3n) is 3.55. The molecule has 1 atom stereocenters. The number of carbonyl (C=O) groups is 1. The Morgan fingerprint density at radius 3 is 2.64 bits per heavy atom. The quantitative estimate of drug-likeness (QED) is 0.765. The molecule has 6 heteroatoms. The van der Waals surface area contributed by atoms with Crippen molar-refractivity contribution in [3.8, 4) is 0 Å². The molecule has 0 saturated carbocycles. The SMILES string of the molecule is CCc1nc(SCC(=O)Nc2ccc(C(C)CC)cc2)n[nH]1. The van der Waals surface area contributed by atoms with E-state index in [1.165, 1.54) is 17.3 Å². The van der Waals surface area contributed by atoms with Crippen LogP contribution in [-0.2, 0) is 11.2 Å². The zero-order valence-electron chi connectivity index (χ0n) is 13.2. The number of aromatic nitrogens is 3. The van der Waals surface area contributed by atoms with Gasteiger partial charge in [0, 0.05) is 12.1 Å². The van der Waals surface area contributed by atoms with Crippen LogP contribution in [0.4, 0.5) is 5.69 Å². The summed E-state index contributed by atoms with van der Waals surface area (Å²) in [6, 6.07) is 8.04. The smallest absolute Gasteiger partial charge is 0.234 e. The highest BCUT2D eigenvalue weighted by molar-refractivity contribution is 7.99. The van der Waals surface area contributed by atoms with Crippen LogP contribution in [0.15, 0.2) is 29.4 Å². The van der Waals surface area contributed by atoms with E-state index in [4.69, 9.17) is 0 Å². The van der Waals surface area contributed by atoms with Crippen molar-refractivity contribution in [3.05, 3.63) is 35.7 Å². The number of amides is 1. The van der Waals surface area contributed by atoms with Crippen molar-refractivity contribution in [2.24, 2.45) is 0 Å². The summed E-state index contributed by atoms with van der Waals surface area (Å²) >= 11 is 1.33. The second-order valence-corrected chi connectivity index (χ2v) is 6.13. The Morgan fingerprint density at radius 2 is 2.05 bits per heavy atom. The van der Waals surface area contributed by atoms with E-state index in [2.05, 4.69) is 46.5 Å². The Balaban J connectivity index is 1.83. The van der Waals surface area contributed by atoms with E-state index in [0.717, 1.165) is 24.4 Å². The number of hydrogen-bond donors (Lipinski definition) is 2. The Hall–Kier alpha value is -1.82. The van der Waals surface area contributed by atoms with Crippen molar-refractivity contribution in [1.82, 2.24) is 15.2 Å². The van der Waals surface area contributed by atoms with Gasteiger partial charge in [-0.2, -0.15) is 0 Å². The van der Waals surface area contributed by atoms with Gasteiger partial charge in [-0.05, 0) is 30.0 Å². The van der Waals surface area contributed by atoms with Crippen LogP contribution in [0, 0.1) is 0 Å². The number of H-pyrrole nitrogens is 1. The number of hydrogen-bond acceptors (Lipinski definition) is 4. The first-order chi connectivity index (χ1) is 10.6. The first-order valence-corrected chi connectivity index (χ1v) is 8.54. The van der Waals surface area contributed by atoms with Crippen molar-refractivity contribution < 1.29 is 4.79 Å². The van der Waals surface area contributed by atoms with Gasteiger partial charge in [-0.1, -0.05) is 44.7 Å². The summed E-state index contributed by atoms with van der Waals surface area (Å²) in [4.78, 5) is 16.2. The number of nitrogens with zero attached hydrogens (tertiary/aromatic N) is 2. The fraction of sp³-hybridized carbons (Fsp3) is 0.438. The zero-order valence-corrected chi connectivity index (χ0v) is 14.0. The van der Waals surface area contributed by atoms with Crippen molar-refractivity contribution in [2.75, 3.05) is 11.1 Å². The third kappa shape index (κ3) is 4.59. The molecule has 1 aromatic heterocycles. The van der Waals surface area contributed by atoms with Crippen molar-refractivity contribution in [1.29, 1.82) is 0 Å². The van der Waals surface area contributed by atoms with Crippen LogP contribution >= 0.6 is 11.8 Å². The molecule has 2 rings (SSSR count). The summed E-state index contributed by atoms with van der Waals surface area (Å²) in [5, 5.41) is 10.4. The molecule has 2 aromatic rings. The van der Waals surface area contributed by atoms with Gasteiger partial charge < -0.3 is 5.32 Å². The van der Waals surface area contributed by atoms with Gasteiger partial charge in [-0.25, -0.2) is 4.98 Å². The molecule has 1 aromatic carbocycles. The maximum Gasteiger partial charge on any atom is 0.234 e. The van der Waals surface area contributed by atoms with Gasteiger partial charge in [0.2, 0.25) is 11.1 Å². The van der Waals surface area contributed by atoms with Gasteiger partial charge >= 0.3 is 0 Å². The van der Waals surface area contributed by atoms with Gasteiger partial charge in [0.05, 0.1) is 5.75 Å². The first-order valence-electron chi connectivity index (χ1n) is 7.56. The van der Waals surface area contributed by atoms with Gasteiger partial charge in [-0.15, -0.1) is 5.10 Å². The largest absolute Gasteiger partial charge is 0.325 e. The van der Waals surface area contributed by atoms with Crippen molar-refractivity contribution in [3.63, 3.8) is 0 Å². The number of aryl methyl sites for hydroxylation is 1. The number of carbonyl (C=O) groups excluding carboxylic acids is 1. The molecular weight excluding hydrogens is 296 g/mol. The fourth-order valence-corrected chi connectivity index (χ4v) is 2.58. The van der Waals surface area contributed by atoms with E-state index in [-0.39, 0.29) is 5.91 Å². The second-order valence-electron chi connectivity index (χ2n) is 5.19. The summed E-state index contributed by atoms with van der Waals surface area (Å²) in [5.41, 5.74) is 2.12. The van der Waals surface area contributed by atoms with Crippen molar-refractivity contribution >= 4 is 23.4 Å². The molecule has 0 aliphatic rings. The number of anilines is 1. The first kappa shape index (κ1) is 16.5. The average molecular weight is 318 g/mol. The molecule has 5 nitrogen and oxygen atoms in total. The van der Waals surface area contributed by atoms with Gasteiger partial charge in [0.15, 0.2) is 0 Å².